The summed E-state index contributed by atoms with van der Waals surface area (Å²) < 4.78 is 12.6. The minimum atomic E-state index is -0.944. The monoisotopic (exact) mass is 295 g/mol. The molecule has 0 bridgehead atoms. The van der Waals surface area contributed by atoms with E-state index in [1.165, 1.54) is 11.1 Å². The number of hydrogen-bond acceptors (Lipinski definition) is 2. The lowest BCUT2D eigenvalue weighted by atomic mass is 9.88. The van der Waals surface area contributed by atoms with Crippen LogP contribution in [0.25, 0.3) is 0 Å². The summed E-state index contributed by atoms with van der Waals surface area (Å²) in [5.74, 6) is 0.673. The van der Waals surface area contributed by atoms with Gasteiger partial charge in [0.2, 0.25) is 0 Å². The molecule has 0 saturated heterocycles. The molecule has 1 rings (SSSR count). The Morgan fingerprint density at radius 1 is 1.20 bits per heavy atom. The zero-order chi connectivity index (χ0) is 15.3. The second kappa shape index (κ2) is 7.37. The van der Waals surface area contributed by atoms with Gasteiger partial charge in [-0.1, -0.05) is 33.8 Å². The molecule has 1 aromatic carbocycles. The fraction of sp³-hybridized carbons (Fsp3) is 0.647. The maximum Gasteiger partial charge on any atom is 0.0545 e. The Bertz CT molecular complexity index is 463. The molecule has 114 valence electrons. The summed E-state index contributed by atoms with van der Waals surface area (Å²) in [6.45, 7) is 13.9. The molecule has 3 heteroatoms. The summed E-state index contributed by atoms with van der Waals surface area (Å²) in [4.78, 5) is 0.945. The van der Waals surface area contributed by atoms with Crippen LogP contribution in [0.2, 0.25) is 0 Å². The lowest BCUT2D eigenvalue weighted by Crippen LogP contribution is -2.44. The highest BCUT2D eigenvalue weighted by Crippen LogP contribution is 2.22. The molecule has 0 spiro atoms. The van der Waals surface area contributed by atoms with Gasteiger partial charge >= 0.3 is 0 Å². The molecular formula is C17H29NOS. The van der Waals surface area contributed by atoms with Gasteiger partial charge in [-0.15, -0.1) is 0 Å². The fourth-order valence-corrected chi connectivity index (χ4v) is 3.68. The van der Waals surface area contributed by atoms with E-state index in [1.54, 1.807) is 0 Å². The van der Waals surface area contributed by atoms with Gasteiger partial charge in [0.1, 0.15) is 0 Å². The van der Waals surface area contributed by atoms with Crippen LogP contribution in [-0.2, 0) is 10.8 Å². The molecule has 0 amide bonds. The largest absolute Gasteiger partial charge is 0.313 e. The predicted molar refractivity (Wildman–Crippen MR) is 88.7 cm³/mol. The van der Waals surface area contributed by atoms with Crippen molar-refractivity contribution in [3.63, 3.8) is 0 Å². The van der Waals surface area contributed by atoms with E-state index in [2.05, 4.69) is 59.0 Å². The van der Waals surface area contributed by atoms with Crippen molar-refractivity contribution >= 4 is 10.8 Å². The molecule has 0 fully saturated rings. The van der Waals surface area contributed by atoms with Crippen LogP contribution in [0.4, 0.5) is 0 Å². The average molecular weight is 295 g/mol. The van der Waals surface area contributed by atoms with Crippen molar-refractivity contribution in [3.05, 3.63) is 29.3 Å². The Morgan fingerprint density at radius 2 is 1.85 bits per heavy atom. The smallest absolute Gasteiger partial charge is 0.0545 e. The zero-order valence-corrected chi connectivity index (χ0v) is 14.6. The summed E-state index contributed by atoms with van der Waals surface area (Å²) in [6, 6.07) is 6.39. The van der Waals surface area contributed by atoms with Crippen LogP contribution in [0.1, 0.15) is 45.2 Å². The van der Waals surface area contributed by atoms with Crippen molar-refractivity contribution in [2.45, 2.75) is 58.9 Å². The Labute approximate surface area is 126 Å². The van der Waals surface area contributed by atoms with E-state index in [0.717, 1.165) is 17.9 Å². The quantitative estimate of drug-likeness (QED) is 0.864. The maximum absolute atomic E-state index is 12.6. The third-order valence-electron chi connectivity index (χ3n) is 3.75. The van der Waals surface area contributed by atoms with Crippen molar-refractivity contribution in [1.29, 1.82) is 0 Å². The summed E-state index contributed by atoms with van der Waals surface area (Å²) in [7, 11) is -0.944. The van der Waals surface area contributed by atoms with E-state index in [9.17, 15) is 4.21 Å². The first-order chi connectivity index (χ1) is 9.25. The predicted octanol–water partition coefficient (Wildman–Crippen LogP) is 3.83. The molecule has 2 atom stereocenters. The van der Waals surface area contributed by atoms with Crippen LogP contribution in [0.5, 0.6) is 0 Å². The van der Waals surface area contributed by atoms with E-state index in [4.69, 9.17) is 0 Å². The van der Waals surface area contributed by atoms with Gasteiger partial charge in [0.05, 0.1) is 10.8 Å². The van der Waals surface area contributed by atoms with Gasteiger partial charge in [-0.2, -0.15) is 0 Å². The second-order valence-electron chi connectivity index (χ2n) is 6.63. The molecule has 20 heavy (non-hydrogen) atoms. The molecule has 0 heterocycles. The number of aryl methyl sites for hydroxylation is 2. The fourth-order valence-electron chi connectivity index (χ4n) is 2.04. The molecule has 0 aromatic heterocycles. The minimum Gasteiger partial charge on any atom is -0.313 e. The Kier molecular flexibility index (Phi) is 6.41. The molecule has 2 nitrogen and oxygen atoms in total. The molecule has 1 N–H and O–H groups in total. The minimum absolute atomic E-state index is 0.116. The first-order valence-electron chi connectivity index (χ1n) is 7.44. The molecule has 0 radical (unpaired) electrons. The van der Waals surface area contributed by atoms with Crippen molar-refractivity contribution in [2.24, 2.45) is 5.41 Å². The lowest BCUT2D eigenvalue weighted by molar-refractivity contribution is 0.290. The summed E-state index contributed by atoms with van der Waals surface area (Å²) in [5, 5.41) is 3.54. The molecular weight excluding hydrogens is 266 g/mol. The van der Waals surface area contributed by atoms with E-state index in [1.807, 2.05) is 6.07 Å². The van der Waals surface area contributed by atoms with Crippen molar-refractivity contribution in [2.75, 3.05) is 12.3 Å². The summed E-state index contributed by atoms with van der Waals surface area (Å²) in [5.41, 5.74) is 2.58. The third kappa shape index (κ3) is 5.02. The number of rotatable bonds is 6. The topological polar surface area (TPSA) is 29.1 Å². The van der Waals surface area contributed by atoms with Gasteiger partial charge in [0.15, 0.2) is 0 Å². The maximum atomic E-state index is 12.6. The van der Waals surface area contributed by atoms with Gasteiger partial charge in [0.25, 0.3) is 0 Å². The van der Waals surface area contributed by atoms with E-state index < -0.39 is 10.8 Å². The van der Waals surface area contributed by atoms with Gasteiger partial charge in [-0.25, -0.2) is 0 Å². The normalized spacial score (nSPS) is 15.1. The second-order valence-corrected chi connectivity index (χ2v) is 8.13. The van der Waals surface area contributed by atoms with Crippen molar-refractivity contribution in [1.82, 2.24) is 5.32 Å². The van der Waals surface area contributed by atoms with Crippen LogP contribution < -0.4 is 5.32 Å². The van der Waals surface area contributed by atoms with E-state index >= 15 is 0 Å². The molecule has 0 aliphatic rings. The summed E-state index contributed by atoms with van der Waals surface area (Å²) in [6.07, 6.45) is 1.10. The molecule has 0 aliphatic carbocycles. The Hall–Kier alpha value is -0.670. The van der Waals surface area contributed by atoms with Gasteiger partial charge < -0.3 is 5.32 Å². The van der Waals surface area contributed by atoms with Crippen LogP contribution in [0, 0.1) is 19.3 Å². The lowest BCUT2D eigenvalue weighted by Gasteiger charge is -2.31. The molecule has 0 saturated carbocycles. The number of nitrogens with one attached hydrogen (secondary N) is 1. The summed E-state index contributed by atoms with van der Waals surface area (Å²) >= 11 is 0. The Balaban J connectivity index is 2.82. The van der Waals surface area contributed by atoms with E-state index in [-0.39, 0.29) is 11.5 Å². The number of benzene rings is 1. The molecule has 2 unspecified atom stereocenters. The molecule has 1 aromatic rings. The highest BCUT2D eigenvalue weighted by Gasteiger charge is 2.26. The van der Waals surface area contributed by atoms with Crippen LogP contribution in [0.3, 0.4) is 0 Å². The first-order valence-corrected chi connectivity index (χ1v) is 8.76. The average Bonchev–Trinajstić information content (AvgIpc) is 2.36. The third-order valence-corrected chi connectivity index (χ3v) is 5.16. The molecule has 0 aliphatic heterocycles. The highest BCUT2D eigenvalue weighted by molar-refractivity contribution is 7.85. The van der Waals surface area contributed by atoms with Gasteiger partial charge in [-0.3, -0.25) is 4.21 Å². The highest BCUT2D eigenvalue weighted by atomic mass is 32.2. The first kappa shape index (κ1) is 17.4. The van der Waals surface area contributed by atoms with Crippen molar-refractivity contribution < 1.29 is 4.21 Å². The van der Waals surface area contributed by atoms with Crippen molar-refractivity contribution in [3.8, 4) is 0 Å². The number of hydrogen-bond donors (Lipinski definition) is 1. The van der Waals surface area contributed by atoms with Crippen LogP contribution in [0.15, 0.2) is 23.1 Å². The van der Waals surface area contributed by atoms with Gasteiger partial charge in [0, 0.05) is 16.7 Å². The van der Waals surface area contributed by atoms with Crippen LogP contribution >= 0.6 is 0 Å². The van der Waals surface area contributed by atoms with Gasteiger partial charge in [-0.05, 0) is 55.5 Å². The Morgan fingerprint density at radius 3 is 2.35 bits per heavy atom. The van der Waals surface area contributed by atoms with E-state index in [0.29, 0.717) is 5.75 Å². The standard InChI is InChI=1S/C17H29NOS/c1-7-10-18-16(17(4,5)6)12-20(19)15-9-8-13(2)14(3)11-15/h8-9,11,16,18H,7,10,12H2,1-6H3. The van der Waals surface area contributed by atoms with Crippen LogP contribution in [-0.4, -0.2) is 22.5 Å². The zero-order valence-electron chi connectivity index (χ0n) is 13.7. The SMILES string of the molecule is CCCNC(CS(=O)c1ccc(C)c(C)c1)C(C)(C)C.